The molecule has 9 heteroatoms. The summed E-state index contributed by atoms with van der Waals surface area (Å²) in [5, 5.41) is 0. The van der Waals surface area contributed by atoms with Crippen molar-refractivity contribution in [3.05, 3.63) is 76.6 Å². The van der Waals surface area contributed by atoms with E-state index < -0.39 is 41.3 Å². The molecule has 160 valence electrons. The van der Waals surface area contributed by atoms with Gasteiger partial charge in [0.1, 0.15) is 29.9 Å². The van der Waals surface area contributed by atoms with Gasteiger partial charge in [0.05, 0.1) is 5.56 Å². The molecule has 0 aliphatic heterocycles. The standard InChI is InChI=1S/C14H13F3N2.C7H5F3O/c1-2-3-9-7-18-14(19-8-9)10-4-12(16)11(6-15)13(17)5-10;1-4-6(8)2-5(11-10)3-7(4)9/h4-5,7-8H,2-3,6H2,1H3;2-3H,1H3. The maximum absolute atomic E-state index is 13.5. The van der Waals surface area contributed by atoms with Crippen molar-refractivity contribution in [2.24, 2.45) is 0 Å². The Balaban J connectivity index is 0.000000248. The first-order valence-corrected chi connectivity index (χ1v) is 8.90. The van der Waals surface area contributed by atoms with Gasteiger partial charge in [-0.3, -0.25) is 4.94 Å². The number of aryl methyl sites for hydroxylation is 1. The summed E-state index contributed by atoms with van der Waals surface area (Å²) in [6.45, 7) is 2.12. The molecule has 1 heterocycles. The van der Waals surface area contributed by atoms with E-state index in [9.17, 15) is 26.5 Å². The van der Waals surface area contributed by atoms with Gasteiger partial charge in [0.15, 0.2) is 11.6 Å². The van der Waals surface area contributed by atoms with Crippen LogP contribution in [0.25, 0.3) is 11.4 Å². The number of alkyl halides is 1. The lowest BCUT2D eigenvalue weighted by molar-refractivity contribution is -0.00694. The molecule has 0 radical (unpaired) electrons. The number of halogens is 6. The summed E-state index contributed by atoms with van der Waals surface area (Å²) in [6.07, 6.45) is 5.08. The van der Waals surface area contributed by atoms with Crippen LogP contribution >= 0.6 is 0 Å². The van der Waals surface area contributed by atoms with E-state index in [4.69, 9.17) is 0 Å². The minimum atomic E-state index is -1.17. The fourth-order valence-electron chi connectivity index (χ4n) is 2.45. The molecular weight excluding hydrogens is 410 g/mol. The monoisotopic (exact) mass is 428 g/mol. The van der Waals surface area contributed by atoms with E-state index in [0.29, 0.717) is 0 Å². The van der Waals surface area contributed by atoms with Crippen molar-refractivity contribution in [1.29, 1.82) is 0 Å². The molecule has 0 spiro atoms. The molecule has 0 aliphatic rings. The topological polar surface area (TPSA) is 35.0 Å². The molecule has 0 saturated carbocycles. The Morgan fingerprint density at radius 1 is 0.867 bits per heavy atom. The average Bonchev–Trinajstić information content (AvgIpc) is 2.72. The summed E-state index contributed by atoms with van der Waals surface area (Å²) >= 11 is 0. The minimum Gasteiger partial charge on any atom is -0.294 e. The lowest BCUT2D eigenvalue weighted by atomic mass is 10.1. The SMILES string of the molecule is CCCc1cnc(-c2cc(F)c(CF)c(F)c2)nc1.Cc1c(F)cc(OF)cc1F. The van der Waals surface area contributed by atoms with Gasteiger partial charge < -0.3 is 0 Å². The maximum Gasteiger partial charge on any atom is 0.177 e. The van der Waals surface area contributed by atoms with Crippen molar-refractivity contribution in [2.75, 3.05) is 0 Å². The van der Waals surface area contributed by atoms with Crippen molar-refractivity contribution >= 4 is 0 Å². The van der Waals surface area contributed by atoms with Crippen molar-refractivity contribution in [3.8, 4) is 17.1 Å². The summed E-state index contributed by atoms with van der Waals surface area (Å²) in [4.78, 5) is 11.3. The Hall–Kier alpha value is -3.10. The Morgan fingerprint density at radius 3 is 1.83 bits per heavy atom. The van der Waals surface area contributed by atoms with Crippen LogP contribution in [0.3, 0.4) is 0 Å². The van der Waals surface area contributed by atoms with Crippen LogP contribution in [0.4, 0.5) is 26.5 Å². The number of nitrogens with zero attached hydrogens (tertiary/aromatic N) is 2. The first-order chi connectivity index (χ1) is 14.3. The van der Waals surface area contributed by atoms with Gasteiger partial charge in [0.25, 0.3) is 0 Å². The van der Waals surface area contributed by atoms with Gasteiger partial charge >= 0.3 is 0 Å². The molecule has 0 amide bonds. The highest BCUT2D eigenvalue weighted by Gasteiger charge is 2.13. The predicted octanol–water partition coefficient (Wildman–Crippen LogP) is 6.38. The summed E-state index contributed by atoms with van der Waals surface area (Å²) in [6, 6.07) is 3.65. The number of hydrogen-bond donors (Lipinski definition) is 0. The molecule has 0 atom stereocenters. The normalized spacial score (nSPS) is 10.4. The summed E-state index contributed by atoms with van der Waals surface area (Å²) < 4.78 is 75.8. The molecular formula is C21H18F6N2O. The van der Waals surface area contributed by atoms with Crippen LogP contribution < -0.4 is 4.94 Å². The average molecular weight is 428 g/mol. The van der Waals surface area contributed by atoms with Crippen molar-refractivity contribution in [3.63, 3.8) is 0 Å². The fourth-order valence-corrected chi connectivity index (χ4v) is 2.45. The third-order valence-corrected chi connectivity index (χ3v) is 4.12. The Labute approximate surface area is 169 Å². The molecule has 1 aromatic heterocycles. The van der Waals surface area contributed by atoms with Crippen LogP contribution in [0.2, 0.25) is 0 Å². The molecule has 2 aromatic carbocycles. The fraction of sp³-hybridized carbons (Fsp3) is 0.238. The quantitative estimate of drug-likeness (QED) is 0.443. The first-order valence-electron chi connectivity index (χ1n) is 8.90. The van der Waals surface area contributed by atoms with E-state index in [1.165, 1.54) is 6.92 Å². The highest BCUT2D eigenvalue weighted by molar-refractivity contribution is 5.55. The number of rotatable bonds is 5. The lowest BCUT2D eigenvalue weighted by Crippen LogP contribution is -1.97. The molecule has 0 fully saturated rings. The molecule has 3 aromatic rings. The van der Waals surface area contributed by atoms with E-state index in [2.05, 4.69) is 14.9 Å². The van der Waals surface area contributed by atoms with E-state index in [-0.39, 0.29) is 17.0 Å². The summed E-state index contributed by atoms with van der Waals surface area (Å²) in [7, 11) is 0. The van der Waals surface area contributed by atoms with E-state index in [1.807, 2.05) is 6.92 Å². The lowest BCUT2D eigenvalue weighted by Gasteiger charge is -2.05. The van der Waals surface area contributed by atoms with Gasteiger partial charge in [-0.25, -0.2) is 31.9 Å². The second-order valence-electron chi connectivity index (χ2n) is 6.31. The Morgan fingerprint density at radius 2 is 1.40 bits per heavy atom. The first kappa shape index (κ1) is 23.2. The zero-order chi connectivity index (χ0) is 22.3. The van der Waals surface area contributed by atoms with Crippen molar-refractivity contribution < 1.29 is 31.4 Å². The molecule has 0 N–H and O–H groups in total. The highest BCUT2D eigenvalue weighted by Crippen LogP contribution is 2.23. The van der Waals surface area contributed by atoms with Gasteiger partial charge in [-0.1, -0.05) is 13.3 Å². The molecule has 0 saturated heterocycles. The smallest absolute Gasteiger partial charge is 0.177 e. The predicted molar refractivity (Wildman–Crippen MR) is 99.0 cm³/mol. The molecule has 3 nitrogen and oxygen atoms in total. The zero-order valence-electron chi connectivity index (χ0n) is 16.2. The van der Waals surface area contributed by atoms with Crippen molar-refractivity contribution in [2.45, 2.75) is 33.4 Å². The van der Waals surface area contributed by atoms with Gasteiger partial charge in [-0.2, -0.15) is 0 Å². The Bertz CT molecular complexity index is 949. The summed E-state index contributed by atoms with van der Waals surface area (Å²) in [5.74, 6) is -3.72. The minimum absolute atomic E-state index is 0.147. The molecule has 30 heavy (non-hydrogen) atoms. The summed E-state index contributed by atoms with van der Waals surface area (Å²) in [5.41, 5.74) is 0.458. The van der Waals surface area contributed by atoms with Gasteiger partial charge in [0, 0.05) is 40.2 Å². The van der Waals surface area contributed by atoms with Crippen LogP contribution in [-0.4, -0.2) is 9.97 Å². The Kier molecular flexibility index (Phi) is 8.20. The number of benzene rings is 2. The maximum atomic E-state index is 13.5. The van der Waals surface area contributed by atoms with Crippen LogP contribution in [0.15, 0.2) is 36.7 Å². The number of hydrogen-bond acceptors (Lipinski definition) is 3. The number of aromatic nitrogens is 2. The van der Waals surface area contributed by atoms with E-state index >= 15 is 0 Å². The largest absolute Gasteiger partial charge is 0.294 e. The third kappa shape index (κ3) is 5.71. The van der Waals surface area contributed by atoms with Crippen molar-refractivity contribution in [1.82, 2.24) is 9.97 Å². The van der Waals surface area contributed by atoms with Crippen LogP contribution in [0.1, 0.15) is 30.0 Å². The molecule has 3 rings (SSSR count). The molecule has 0 unspecified atom stereocenters. The van der Waals surface area contributed by atoms with Gasteiger partial charge in [0.2, 0.25) is 0 Å². The van der Waals surface area contributed by atoms with Gasteiger partial charge in [-0.05, 0) is 31.0 Å². The van der Waals surface area contributed by atoms with Crippen LogP contribution in [0.5, 0.6) is 5.75 Å². The van der Waals surface area contributed by atoms with E-state index in [0.717, 1.165) is 42.7 Å². The second-order valence-corrected chi connectivity index (χ2v) is 6.31. The highest BCUT2D eigenvalue weighted by atomic mass is 19.3. The molecule has 0 aliphatic carbocycles. The van der Waals surface area contributed by atoms with Crippen LogP contribution in [-0.2, 0) is 13.1 Å². The third-order valence-electron chi connectivity index (χ3n) is 4.12. The van der Waals surface area contributed by atoms with Crippen LogP contribution in [0, 0.1) is 30.2 Å². The van der Waals surface area contributed by atoms with Gasteiger partial charge in [-0.15, -0.1) is 0 Å². The van der Waals surface area contributed by atoms with E-state index in [1.54, 1.807) is 12.4 Å². The molecule has 0 bridgehead atoms. The second kappa shape index (κ2) is 10.6. The zero-order valence-corrected chi connectivity index (χ0v) is 16.2.